The van der Waals surface area contributed by atoms with Crippen LogP contribution in [0.3, 0.4) is 0 Å². The number of ether oxygens (including phenoxy) is 1. The van der Waals surface area contributed by atoms with Crippen molar-refractivity contribution in [1.29, 1.82) is 0 Å². The van der Waals surface area contributed by atoms with Crippen molar-refractivity contribution in [3.05, 3.63) is 27.4 Å². The van der Waals surface area contributed by atoms with Crippen molar-refractivity contribution < 1.29 is 34.2 Å². The summed E-state index contributed by atoms with van der Waals surface area (Å²) < 4.78 is 5.44. The fourth-order valence-electron chi connectivity index (χ4n) is 3.47. The summed E-state index contributed by atoms with van der Waals surface area (Å²) in [5.74, 6) is -2.59. The molecule has 0 aromatic carbocycles. The third-order valence-electron chi connectivity index (χ3n) is 5.04. The van der Waals surface area contributed by atoms with Crippen molar-refractivity contribution in [3.8, 4) is 0 Å². The van der Waals surface area contributed by atoms with Gasteiger partial charge in [0, 0.05) is 16.9 Å². The maximum Gasteiger partial charge on any atom is 0.352 e. The summed E-state index contributed by atoms with van der Waals surface area (Å²) in [7, 11) is 0. The zero-order chi connectivity index (χ0) is 26.7. The Morgan fingerprint density at radius 2 is 2.16 bits per heavy atom. The molecule has 5 N–H and O–H groups in total. The fraction of sp³-hybridized carbons (Fsp3) is 0.368. The lowest BCUT2D eigenvalue weighted by Crippen LogP contribution is -2.71. The summed E-state index contributed by atoms with van der Waals surface area (Å²) in [5, 5.41) is 34.0. The maximum absolute atomic E-state index is 12.9. The number of nitrogens with two attached hydrogens (primary N) is 1. The van der Waals surface area contributed by atoms with E-state index in [0.717, 1.165) is 16.2 Å². The van der Waals surface area contributed by atoms with E-state index in [0.29, 0.717) is 20.7 Å². The highest BCUT2D eigenvalue weighted by molar-refractivity contribution is 8.01. The topological polar surface area (TPSA) is 210 Å². The van der Waals surface area contributed by atoms with Gasteiger partial charge in [-0.15, -0.1) is 33.3 Å². The largest absolute Gasteiger partial charge is 0.477 e. The van der Waals surface area contributed by atoms with Crippen LogP contribution in [0.25, 0.3) is 0 Å². The average Bonchev–Trinajstić information content (AvgIpc) is 3.49. The van der Waals surface area contributed by atoms with E-state index >= 15 is 0 Å². The van der Waals surface area contributed by atoms with E-state index in [-0.39, 0.29) is 35.3 Å². The molecule has 2 aromatic rings. The minimum atomic E-state index is -1.27. The van der Waals surface area contributed by atoms with Crippen LogP contribution in [0.15, 0.2) is 26.1 Å². The molecule has 1 saturated heterocycles. The lowest BCUT2D eigenvalue weighted by Gasteiger charge is -2.49. The third kappa shape index (κ3) is 5.71. The van der Waals surface area contributed by atoms with Crippen LogP contribution in [-0.2, 0) is 30.3 Å². The molecule has 0 aliphatic carbocycles. The number of aliphatic carboxylic acids is 1. The maximum atomic E-state index is 12.9. The van der Waals surface area contributed by atoms with Gasteiger partial charge in [-0.25, -0.2) is 9.78 Å². The molecule has 0 spiro atoms. The van der Waals surface area contributed by atoms with Gasteiger partial charge in [0.25, 0.3) is 11.8 Å². The van der Waals surface area contributed by atoms with Crippen molar-refractivity contribution >= 4 is 80.8 Å². The second kappa shape index (κ2) is 11.4. The minimum Gasteiger partial charge on any atom is -0.477 e. The summed E-state index contributed by atoms with van der Waals surface area (Å²) >= 11 is 4.80. The summed E-state index contributed by atoms with van der Waals surface area (Å²) in [6.07, 6.45) is 0.000615. The molecule has 4 heterocycles. The van der Waals surface area contributed by atoms with E-state index in [1.165, 1.54) is 40.2 Å². The predicted octanol–water partition coefficient (Wildman–Crippen LogP) is 0.392. The van der Waals surface area contributed by atoms with E-state index < -0.39 is 40.9 Å². The van der Waals surface area contributed by atoms with Crippen LogP contribution < -0.4 is 11.1 Å². The van der Waals surface area contributed by atoms with Crippen molar-refractivity contribution in [2.75, 3.05) is 23.8 Å². The van der Waals surface area contributed by atoms with E-state index in [1.807, 2.05) is 0 Å². The van der Waals surface area contributed by atoms with Gasteiger partial charge in [-0.1, -0.05) is 28.3 Å². The Bertz CT molecular complexity index is 1310. The Labute approximate surface area is 225 Å². The molecule has 2 aliphatic rings. The van der Waals surface area contributed by atoms with Crippen LogP contribution in [0, 0.1) is 0 Å². The third-order valence-corrected chi connectivity index (χ3v) is 9.19. The van der Waals surface area contributed by atoms with Crippen LogP contribution in [0.2, 0.25) is 0 Å². The quantitative estimate of drug-likeness (QED) is 0.0743. The lowest BCUT2D eigenvalue weighted by molar-refractivity contribution is -0.150. The summed E-state index contributed by atoms with van der Waals surface area (Å²) in [6.45, 7) is 1.97. The molecule has 1 unspecified atom stereocenters. The Kier molecular flexibility index (Phi) is 8.30. The molecule has 2 aromatic heterocycles. The predicted molar refractivity (Wildman–Crippen MR) is 136 cm³/mol. The van der Waals surface area contributed by atoms with Gasteiger partial charge in [0.2, 0.25) is 0 Å². The number of nitrogens with one attached hydrogen (secondary N) is 1. The molecule has 0 saturated carbocycles. The van der Waals surface area contributed by atoms with Crippen molar-refractivity contribution in [2.24, 2.45) is 5.16 Å². The van der Waals surface area contributed by atoms with E-state index in [4.69, 9.17) is 10.5 Å². The number of carbonyl (C=O) groups excluding carboxylic acids is 3. The number of nitrogen functional groups attached to an aromatic ring is 1. The zero-order valence-electron chi connectivity index (χ0n) is 18.9. The molecule has 2 aliphatic heterocycles. The van der Waals surface area contributed by atoms with Gasteiger partial charge < -0.3 is 26.1 Å². The van der Waals surface area contributed by atoms with Crippen molar-refractivity contribution in [3.63, 3.8) is 0 Å². The lowest BCUT2D eigenvalue weighted by atomic mass is 10.0. The van der Waals surface area contributed by atoms with Gasteiger partial charge in [0.1, 0.15) is 27.8 Å². The Hall–Kier alpha value is -3.22. The standard InChI is InChI=1S/C19H19N7O7S4/c1-2-33-10(27)3-9-23-24-19(37-9)36-5-7-4-34-16-12(15(29)26(16)13(7)17(30)31)22-14(28)11(25-32)8-6-35-18(20)21-8/h6,12,16,32H,2-5H2,1H3,(H2,20,21)(H,22,28)(H,30,31)/b25-11-/t12?,16-/m1/s1. The molecule has 18 heteroatoms. The number of carboxylic acids is 1. The summed E-state index contributed by atoms with van der Waals surface area (Å²) in [6, 6.07) is -1.01. The second-order valence-electron chi connectivity index (χ2n) is 7.37. The number of rotatable bonds is 10. The summed E-state index contributed by atoms with van der Waals surface area (Å²) in [4.78, 5) is 54.2. The number of fused-ring (bicyclic) bond motifs is 1. The van der Waals surface area contributed by atoms with Crippen LogP contribution in [0.1, 0.15) is 17.6 Å². The number of β-lactam (4-membered cyclic amide) rings is 1. The number of nitrogens with zero attached hydrogens (tertiary/aromatic N) is 5. The number of carbonyl (C=O) groups is 4. The first-order valence-corrected chi connectivity index (χ1v) is 14.2. The summed E-state index contributed by atoms with van der Waals surface area (Å²) in [5.41, 5.74) is 5.56. The van der Waals surface area contributed by atoms with E-state index in [1.54, 1.807) is 6.92 Å². The Morgan fingerprint density at radius 3 is 2.81 bits per heavy atom. The Morgan fingerprint density at radius 1 is 1.38 bits per heavy atom. The number of carboxylic acid groups (broad SMARTS) is 1. The number of oxime groups is 1. The molecular weight excluding hydrogens is 567 g/mol. The highest BCUT2D eigenvalue weighted by Gasteiger charge is 2.54. The Balaban J connectivity index is 1.42. The molecule has 14 nitrogen and oxygen atoms in total. The number of hydrogen-bond acceptors (Lipinski definition) is 15. The first kappa shape index (κ1) is 26.8. The van der Waals surface area contributed by atoms with Gasteiger partial charge >= 0.3 is 11.9 Å². The number of aromatic nitrogens is 3. The van der Waals surface area contributed by atoms with Crippen LogP contribution in [0.4, 0.5) is 5.13 Å². The fourth-order valence-corrected chi connectivity index (χ4v) is 7.38. The average molecular weight is 586 g/mol. The monoisotopic (exact) mass is 585 g/mol. The first-order chi connectivity index (χ1) is 17.7. The molecule has 2 atom stereocenters. The van der Waals surface area contributed by atoms with Crippen molar-refractivity contribution in [2.45, 2.75) is 29.1 Å². The molecule has 0 bridgehead atoms. The van der Waals surface area contributed by atoms with E-state index in [2.05, 4.69) is 25.7 Å². The number of hydrogen-bond donors (Lipinski definition) is 4. The van der Waals surface area contributed by atoms with Crippen LogP contribution in [-0.4, -0.2) is 89.4 Å². The highest BCUT2D eigenvalue weighted by atomic mass is 32.2. The van der Waals surface area contributed by atoms with E-state index in [9.17, 15) is 29.5 Å². The molecule has 1 fully saturated rings. The number of amides is 2. The number of thioether (sulfide) groups is 2. The highest BCUT2D eigenvalue weighted by Crippen LogP contribution is 2.41. The number of esters is 1. The molecule has 0 radical (unpaired) electrons. The molecule has 4 rings (SSSR count). The number of thiazole rings is 1. The van der Waals surface area contributed by atoms with Gasteiger partial charge in [-0.05, 0) is 12.5 Å². The van der Waals surface area contributed by atoms with Crippen molar-refractivity contribution in [1.82, 2.24) is 25.4 Å². The van der Waals surface area contributed by atoms with Gasteiger partial charge in [-0.2, -0.15) is 0 Å². The van der Waals surface area contributed by atoms with Crippen LogP contribution in [0.5, 0.6) is 0 Å². The first-order valence-electron chi connectivity index (χ1n) is 10.5. The van der Waals surface area contributed by atoms with Crippen LogP contribution >= 0.6 is 46.2 Å². The SMILES string of the molecule is CCOC(=O)Cc1nnc(SCC2=C(C(=O)O)N3C(=O)C(NC(=O)/C(=N\O)c4csc(N)n4)[C@H]3SC2)s1. The number of anilines is 1. The van der Waals surface area contributed by atoms with Gasteiger partial charge in [0.05, 0.1) is 13.0 Å². The zero-order valence-corrected chi connectivity index (χ0v) is 22.2. The normalized spacial score (nSPS) is 19.3. The molecule has 2 amide bonds. The molecular formula is C19H19N7O7S4. The molecule has 37 heavy (non-hydrogen) atoms. The van der Waals surface area contributed by atoms with Gasteiger partial charge in [-0.3, -0.25) is 19.3 Å². The second-order valence-corrected chi connectivity index (χ2v) is 11.6. The van der Waals surface area contributed by atoms with Gasteiger partial charge in [0.15, 0.2) is 15.2 Å². The molecule has 196 valence electrons. The minimum absolute atomic E-state index is 0.000615. The smallest absolute Gasteiger partial charge is 0.352 e.